The Kier molecular flexibility index (Phi) is 4.03. The number of para-hydroxylation sites is 3. The minimum atomic E-state index is -3.26. The fourth-order valence-electron chi connectivity index (χ4n) is 3.46. The van der Waals surface area contributed by atoms with Gasteiger partial charge in [0.15, 0.2) is 9.84 Å². The van der Waals surface area contributed by atoms with Crippen LogP contribution in [0.4, 0.5) is 5.69 Å². The second kappa shape index (κ2) is 6.25. The third-order valence-electron chi connectivity index (χ3n) is 4.61. The van der Waals surface area contributed by atoms with Crippen LogP contribution in [0.25, 0.3) is 11.0 Å². The van der Waals surface area contributed by atoms with Crippen molar-refractivity contribution in [1.82, 2.24) is 9.55 Å². The quantitative estimate of drug-likeness (QED) is 0.707. The molecular weight excluding hydrogens is 350 g/mol. The highest BCUT2D eigenvalue weighted by Gasteiger charge is 2.26. The zero-order valence-electron chi connectivity index (χ0n) is 14.4. The maximum absolute atomic E-state index is 13.0. The van der Waals surface area contributed by atoms with Crippen LogP contribution in [0, 0.1) is 0 Å². The minimum Gasteiger partial charge on any atom is -0.318 e. The van der Waals surface area contributed by atoms with Crippen LogP contribution in [-0.2, 0) is 33.4 Å². The Morgan fingerprint density at radius 3 is 2.65 bits per heavy atom. The number of rotatable bonds is 4. The number of carbonyl (C=O) groups excluding carboxylic acids is 1. The van der Waals surface area contributed by atoms with Crippen molar-refractivity contribution in [3.05, 3.63) is 59.9 Å². The maximum Gasteiger partial charge on any atom is 0.247 e. The van der Waals surface area contributed by atoms with Crippen LogP contribution in [0.5, 0.6) is 0 Å². The Bertz CT molecular complexity index is 1100. The molecule has 0 unspecified atom stereocenters. The monoisotopic (exact) mass is 369 g/mol. The van der Waals surface area contributed by atoms with Crippen LogP contribution in [0.3, 0.4) is 0 Å². The van der Waals surface area contributed by atoms with Gasteiger partial charge in [-0.15, -0.1) is 0 Å². The second-order valence-electron chi connectivity index (χ2n) is 6.60. The van der Waals surface area contributed by atoms with E-state index in [1.165, 1.54) is 6.26 Å². The van der Waals surface area contributed by atoms with E-state index in [1.807, 2.05) is 48.5 Å². The Hall–Kier alpha value is -2.67. The van der Waals surface area contributed by atoms with Gasteiger partial charge in [-0.25, -0.2) is 13.4 Å². The Labute approximate surface area is 152 Å². The molecular formula is C19H19N3O3S. The normalized spacial score (nSPS) is 14.0. The van der Waals surface area contributed by atoms with E-state index in [0.29, 0.717) is 17.9 Å². The number of sulfone groups is 1. The van der Waals surface area contributed by atoms with Gasteiger partial charge >= 0.3 is 0 Å². The molecule has 26 heavy (non-hydrogen) atoms. The number of fused-ring (bicyclic) bond motifs is 2. The molecule has 1 aliphatic rings. The highest BCUT2D eigenvalue weighted by molar-refractivity contribution is 7.89. The van der Waals surface area contributed by atoms with Crippen LogP contribution >= 0.6 is 0 Å². The molecule has 0 bridgehead atoms. The molecule has 2 heterocycles. The first-order valence-electron chi connectivity index (χ1n) is 8.42. The fraction of sp³-hybridized carbons (Fsp3) is 0.263. The molecule has 0 saturated carbocycles. The Balaban J connectivity index is 1.71. The second-order valence-corrected chi connectivity index (χ2v) is 8.74. The lowest BCUT2D eigenvalue weighted by Gasteiger charge is -2.18. The van der Waals surface area contributed by atoms with Gasteiger partial charge in [-0.3, -0.25) is 4.79 Å². The first kappa shape index (κ1) is 16.8. The molecule has 0 radical (unpaired) electrons. The van der Waals surface area contributed by atoms with Gasteiger partial charge in [0.05, 0.1) is 11.0 Å². The summed E-state index contributed by atoms with van der Waals surface area (Å²) in [5, 5.41) is 0. The maximum atomic E-state index is 13.0. The van der Waals surface area contributed by atoms with Gasteiger partial charge < -0.3 is 9.47 Å². The van der Waals surface area contributed by atoms with E-state index >= 15 is 0 Å². The van der Waals surface area contributed by atoms with Crippen molar-refractivity contribution >= 4 is 32.5 Å². The third-order valence-corrected chi connectivity index (χ3v) is 5.39. The van der Waals surface area contributed by atoms with Crippen LogP contribution in [-0.4, -0.2) is 36.7 Å². The van der Waals surface area contributed by atoms with Gasteiger partial charge in [-0.05, 0) is 30.2 Å². The lowest BCUT2D eigenvalue weighted by molar-refractivity contribution is -0.119. The number of hydrogen-bond acceptors (Lipinski definition) is 4. The number of carbonyl (C=O) groups is 1. The molecule has 1 aromatic heterocycles. The number of benzene rings is 2. The van der Waals surface area contributed by atoms with Crippen molar-refractivity contribution < 1.29 is 13.2 Å². The van der Waals surface area contributed by atoms with Crippen LogP contribution in [0.1, 0.15) is 11.4 Å². The molecule has 0 atom stereocenters. The summed E-state index contributed by atoms with van der Waals surface area (Å²) in [6, 6.07) is 15.3. The topological polar surface area (TPSA) is 72.3 Å². The van der Waals surface area contributed by atoms with Gasteiger partial charge in [-0.1, -0.05) is 30.3 Å². The standard InChI is InChI=1S/C19H19N3O3S/c1-26(24,25)13-18-20-15-7-3-5-9-17(15)22(18)12-19(23)21-11-10-14-6-2-4-8-16(14)21/h2-9H,10-13H2,1H3. The SMILES string of the molecule is CS(=O)(=O)Cc1nc2ccccc2n1CC(=O)N1CCc2ccccc21. The van der Waals surface area contributed by atoms with E-state index in [1.54, 1.807) is 9.47 Å². The molecule has 0 spiro atoms. The van der Waals surface area contributed by atoms with Crippen LogP contribution in [0.15, 0.2) is 48.5 Å². The summed E-state index contributed by atoms with van der Waals surface area (Å²) in [7, 11) is -3.26. The molecule has 4 rings (SSSR count). The molecule has 0 aliphatic carbocycles. The average molecular weight is 369 g/mol. The van der Waals surface area contributed by atoms with Crippen molar-refractivity contribution in [2.45, 2.75) is 18.7 Å². The number of anilines is 1. The van der Waals surface area contributed by atoms with E-state index in [2.05, 4.69) is 4.98 Å². The predicted octanol–water partition coefficient (Wildman–Crippen LogP) is 2.17. The number of hydrogen-bond donors (Lipinski definition) is 0. The van der Waals surface area contributed by atoms with Crippen molar-refractivity contribution in [2.75, 3.05) is 17.7 Å². The molecule has 1 amide bonds. The number of aromatic nitrogens is 2. The molecule has 3 aromatic rings. The van der Waals surface area contributed by atoms with E-state index in [0.717, 1.165) is 23.2 Å². The summed E-state index contributed by atoms with van der Waals surface area (Å²) in [4.78, 5) is 19.2. The van der Waals surface area contributed by atoms with E-state index in [-0.39, 0.29) is 18.2 Å². The first-order chi connectivity index (χ1) is 12.4. The van der Waals surface area contributed by atoms with Gasteiger partial charge in [0.25, 0.3) is 0 Å². The van der Waals surface area contributed by atoms with Crippen molar-refractivity contribution in [1.29, 1.82) is 0 Å². The van der Waals surface area contributed by atoms with E-state index in [4.69, 9.17) is 0 Å². The molecule has 0 N–H and O–H groups in total. The summed E-state index contributed by atoms with van der Waals surface area (Å²) >= 11 is 0. The van der Waals surface area contributed by atoms with Crippen molar-refractivity contribution in [3.8, 4) is 0 Å². The largest absolute Gasteiger partial charge is 0.318 e. The summed E-state index contributed by atoms with van der Waals surface area (Å²) in [6.07, 6.45) is 2.01. The Morgan fingerprint density at radius 1 is 1.12 bits per heavy atom. The first-order valence-corrected chi connectivity index (χ1v) is 10.5. The fourth-order valence-corrected chi connectivity index (χ4v) is 4.15. The van der Waals surface area contributed by atoms with Crippen molar-refractivity contribution in [3.63, 3.8) is 0 Å². The molecule has 2 aromatic carbocycles. The Morgan fingerprint density at radius 2 is 1.85 bits per heavy atom. The van der Waals surface area contributed by atoms with E-state index in [9.17, 15) is 13.2 Å². The minimum absolute atomic E-state index is 0.0622. The van der Waals surface area contributed by atoms with Gasteiger partial charge in [0, 0.05) is 18.5 Å². The summed E-state index contributed by atoms with van der Waals surface area (Å²) in [5.41, 5.74) is 3.56. The zero-order chi connectivity index (χ0) is 18.3. The molecule has 134 valence electrons. The van der Waals surface area contributed by atoms with Gasteiger partial charge in [0.1, 0.15) is 18.1 Å². The molecule has 6 nitrogen and oxygen atoms in total. The number of amides is 1. The van der Waals surface area contributed by atoms with E-state index < -0.39 is 9.84 Å². The summed E-state index contributed by atoms with van der Waals surface area (Å²) in [6.45, 7) is 0.714. The number of nitrogens with zero attached hydrogens (tertiary/aromatic N) is 3. The molecule has 1 aliphatic heterocycles. The molecule has 7 heteroatoms. The average Bonchev–Trinajstić information content (AvgIpc) is 3.15. The predicted molar refractivity (Wildman–Crippen MR) is 101 cm³/mol. The zero-order valence-corrected chi connectivity index (χ0v) is 15.2. The lowest BCUT2D eigenvalue weighted by atomic mass is 10.2. The van der Waals surface area contributed by atoms with Gasteiger partial charge in [0.2, 0.25) is 5.91 Å². The lowest BCUT2D eigenvalue weighted by Crippen LogP contribution is -2.32. The summed E-state index contributed by atoms with van der Waals surface area (Å²) < 4.78 is 25.3. The van der Waals surface area contributed by atoms with Crippen LogP contribution < -0.4 is 4.90 Å². The van der Waals surface area contributed by atoms with Gasteiger partial charge in [-0.2, -0.15) is 0 Å². The molecule has 0 fully saturated rings. The molecule has 0 saturated heterocycles. The van der Waals surface area contributed by atoms with Crippen molar-refractivity contribution in [2.24, 2.45) is 0 Å². The third kappa shape index (κ3) is 3.10. The number of imidazole rings is 1. The highest BCUT2D eigenvalue weighted by Crippen LogP contribution is 2.28. The highest BCUT2D eigenvalue weighted by atomic mass is 32.2. The van der Waals surface area contributed by atoms with Crippen LogP contribution in [0.2, 0.25) is 0 Å². The summed E-state index contributed by atoms with van der Waals surface area (Å²) in [5.74, 6) is 0.147. The smallest absolute Gasteiger partial charge is 0.247 e.